The average molecular weight is 364 g/mol. The molecule has 1 atom stereocenters. The van der Waals surface area contributed by atoms with Crippen molar-refractivity contribution in [1.82, 2.24) is 14.7 Å². The van der Waals surface area contributed by atoms with Crippen LogP contribution in [0.5, 0.6) is 0 Å². The number of carbonyl (C=O) groups is 2. The number of hydrogen-bond donors (Lipinski definition) is 2. The van der Waals surface area contributed by atoms with Crippen molar-refractivity contribution in [3.8, 4) is 0 Å². The Balaban J connectivity index is 2.11. The number of ether oxygens (including phenoxy) is 1. The molecular formula is C16H20N4O4S. The number of hydrogen-bond acceptors (Lipinski definition) is 6. The Bertz CT molecular complexity index is 836. The minimum absolute atomic E-state index is 0.158. The average Bonchev–Trinajstić information content (AvgIpc) is 2.56. The lowest BCUT2D eigenvalue weighted by Crippen LogP contribution is -2.44. The number of carbonyl (C=O) groups excluding carboxylic acids is 2. The van der Waals surface area contributed by atoms with Gasteiger partial charge in [-0.1, -0.05) is 6.07 Å². The predicted octanol–water partition coefficient (Wildman–Crippen LogP) is 0.836. The van der Waals surface area contributed by atoms with E-state index in [2.05, 4.69) is 10.3 Å². The number of aryl methyl sites for hydroxylation is 1. The molecular weight excluding hydrogens is 344 g/mol. The number of nitrogens with one attached hydrogen (secondary N) is 1. The van der Waals surface area contributed by atoms with Crippen molar-refractivity contribution in [1.29, 1.82) is 0 Å². The topological polar surface area (TPSA) is 116 Å². The van der Waals surface area contributed by atoms with E-state index in [0.717, 1.165) is 5.69 Å². The molecule has 0 radical (unpaired) electrons. The molecule has 2 aromatic heterocycles. The van der Waals surface area contributed by atoms with Gasteiger partial charge in [-0.25, -0.2) is 14.6 Å². The molecule has 0 unspecified atom stereocenters. The third kappa shape index (κ3) is 4.96. The van der Waals surface area contributed by atoms with Crippen LogP contribution in [-0.2, 0) is 16.1 Å². The molecule has 0 spiro atoms. The molecule has 2 rings (SSSR count). The van der Waals surface area contributed by atoms with E-state index in [0.29, 0.717) is 23.5 Å². The normalized spacial score (nSPS) is 11.9. The van der Waals surface area contributed by atoms with E-state index in [1.807, 2.05) is 19.2 Å². The molecule has 2 heterocycles. The molecule has 8 nitrogen and oxygen atoms in total. The number of aromatic nitrogens is 2. The number of nitrogens with two attached hydrogens (primary N) is 1. The lowest BCUT2D eigenvalue weighted by molar-refractivity contribution is -0.147. The number of amides is 2. The van der Waals surface area contributed by atoms with Crippen LogP contribution in [0.2, 0.25) is 0 Å². The van der Waals surface area contributed by atoms with Crippen LogP contribution >= 0.6 is 11.8 Å². The van der Waals surface area contributed by atoms with Gasteiger partial charge < -0.3 is 15.8 Å². The SMILES string of the molecule is CSCC[C@H](NC(N)=O)C(=O)OCc1cc(=O)n2c(C)cccc2n1. The fourth-order valence-electron chi connectivity index (χ4n) is 2.34. The zero-order chi connectivity index (χ0) is 18.4. The molecule has 0 aliphatic rings. The number of fused-ring (bicyclic) bond motifs is 1. The first-order chi connectivity index (χ1) is 11.9. The number of urea groups is 1. The quantitative estimate of drug-likeness (QED) is 0.703. The van der Waals surface area contributed by atoms with Gasteiger partial charge in [0, 0.05) is 11.8 Å². The fraction of sp³-hybridized carbons (Fsp3) is 0.375. The summed E-state index contributed by atoms with van der Waals surface area (Å²) in [5, 5.41) is 2.36. The predicted molar refractivity (Wildman–Crippen MR) is 95.5 cm³/mol. The first-order valence-corrected chi connectivity index (χ1v) is 9.01. The fourth-order valence-corrected chi connectivity index (χ4v) is 2.81. The highest BCUT2D eigenvalue weighted by Crippen LogP contribution is 2.07. The van der Waals surface area contributed by atoms with Crippen molar-refractivity contribution in [2.75, 3.05) is 12.0 Å². The molecule has 9 heteroatoms. The van der Waals surface area contributed by atoms with Crippen LogP contribution < -0.4 is 16.6 Å². The van der Waals surface area contributed by atoms with Crippen molar-refractivity contribution in [2.24, 2.45) is 5.73 Å². The molecule has 25 heavy (non-hydrogen) atoms. The van der Waals surface area contributed by atoms with Gasteiger partial charge in [-0.05, 0) is 37.5 Å². The molecule has 0 aliphatic heterocycles. The van der Waals surface area contributed by atoms with E-state index in [1.165, 1.54) is 22.2 Å². The Hall–Kier alpha value is -2.55. The molecule has 0 saturated heterocycles. The zero-order valence-corrected chi connectivity index (χ0v) is 14.8. The molecule has 0 saturated carbocycles. The molecule has 0 bridgehead atoms. The molecule has 2 aromatic rings. The van der Waals surface area contributed by atoms with Crippen molar-refractivity contribution >= 4 is 29.4 Å². The van der Waals surface area contributed by atoms with E-state index in [1.54, 1.807) is 12.1 Å². The van der Waals surface area contributed by atoms with Crippen LogP contribution in [0.4, 0.5) is 4.79 Å². The summed E-state index contributed by atoms with van der Waals surface area (Å²) in [7, 11) is 0. The third-order valence-electron chi connectivity index (χ3n) is 3.51. The number of esters is 1. The number of pyridine rings is 1. The lowest BCUT2D eigenvalue weighted by Gasteiger charge is -2.16. The number of rotatable bonds is 7. The molecule has 134 valence electrons. The standard InChI is InChI=1S/C16H20N4O4S/c1-10-4-3-5-13-18-11(8-14(21)20(10)13)9-24-15(22)12(6-7-25-2)19-16(17)23/h3-5,8,12H,6-7,9H2,1-2H3,(H3,17,19,23)/t12-/m0/s1. The van der Waals surface area contributed by atoms with Crippen LogP contribution in [0, 0.1) is 6.92 Å². The summed E-state index contributed by atoms with van der Waals surface area (Å²) in [6.07, 6.45) is 2.29. The first kappa shape index (κ1) is 18.8. The summed E-state index contributed by atoms with van der Waals surface area (Å²) in [6, 6.07) is 5.01. The highest BCUT2D eigenvalue weighted by molar-refractivity contribution is 7.98. The van der Waals surface area contributed by atoms with Gasteiger partial charge in [0.05, 0.1) is 5.69 Å². The van der Waals surface area contributed by atoms with Crippen LogP contribution in [0.1, 0.15) is 17.8 Å². The van der Waals surface area contributed by atoms with Gasteiger partial charge in [-0.15, -0.1) is 0 Å². The summed E-state index contributed by atoms with van der Waals surface area (Å²) in [5.74, 6) is 0.0497. The van der Waals surface area contributed by atoms with Gasteiger partial charge in [0.2, 0.25) is 0 Å². The van der Waals surface area contributed by atoms with E-state index < -0.39 is 18.0 Å². The monoisotopic (exact) mass is 364 g/mol. The van der Waals surface area contributed by atoms with Crippen LogP contribution in [-0.4, -0.2) is 39.4 Å². The zero-order valence-electron chi connectivity index (χ0n) is 14.0. The second kappa shape index (κ2) is 8.52. The number of thioether (sulfide) groups is 1. The summed E-state index contributed by atoms with van der Waals surface area (Å²) < 4.78 is 6.67. The largest absolute Gasteiger partial charge is 0.458 e. The second-order valence-corrected chi connectivity index (χ2v) is 6.38. The smallest absolute Gasteiger partial charge is 0.329 e. The minimum Gasteiger partial charge on any atom is -0.458 e. The molecule has 0 aliphatic carbocycles. The van der Waals surface area contributed by atoms with Crippen LogP contribution in [0.3, 0.4) is 0 Å². The summed E-state index contributed by atoms with van der Waals surface area (Å²) in [6.45, 7) is 1.65. The Kier molecular flexibility index (Phi) is 6.40. The van der Waals surface area contributed by atoms with Crippen LogP contribution in [0.25, 0.3) is 5.65 Å². The number of primary amides is 1. The Morgan fingerprint density at radius 2 is 2.20 bits per heavy atom. The van der Waals surface area contributed by atoms with Gasteiger partial charge in [-0.3, -0.25) is 9.20 Å². The first-order valence-electron chi connectivity index (χ1n) is 7.62. The maximum absolute atomic E-state index is 12.2. The summed E-state index contributed by atoms with van der Waals surface area (Å²) in [5.41, 5.74) is 6.42. The van der Waals surface area contributed by atoms with Gasteiger partial charge in [0.15, 0.2) is 0 Å². The van der Waals surface area contributed by atoms with Gasteiger partial charge >= 0.3 is 12.0 Å². The van der Waals surface area contributed by atoms with Crippen molar-refractivity contribution in [3.63, 3.8) is 0 Å². The van der Waals surface area contributed by atoms with Crippen molar-refractivity contribution < 1.29 is 14.3 Å². The maximum Gasteiger partial charge on any atom is 0.329 e. The Morgan fingerprint density at radius 3 is 2.88 bits per heavy atom. The molecule has 2 amide bonds. The molecule has 0 aromatic carbocycles. The van der Waals surface area contributed by atoms with Gasteiger partial charge in [-0.2, -0.15) is 11.8 Å². The van der Waals surface area contributed by atoms with Gasteiger partial charge in [0.1, 0.15) is 18.3 Å². The maximum atomic E-state index is 12.2. The van der Waals surface area contributed by atoms with Crippen molar-refractivity contribution in [3.05, 3.63) is 46.0 Å². The highest BCUT2D eigenvalue weighted by atomic mass is 32.2. The highest BCUT2D eigenvalue weighted by Gasteiger charge is 2.21. The summed E-state index contributed by atoms with van der Waals surface area (Å²) in [4.78, 5) is 39.7. The second-order valence-electron chi connectivity index (χ2n) is 5.40. The summed E-state index contributed by atoms with van der Waals surface area (Å²) >= 11 is 1.54. The molecule has 0 fully saturated rings. The minimum atomic E-state index is -0.825. The third-order valence-corrected chi connectivity index (χ3v) is 4.15. The van der Waals surface area contributed by atoms with E-state index in [9.17, 15) is 14.4 Å². The lowest BCUT2D eigenvalue weighted by atomic mass is 10.2. The Labute approximate surface area is 148 Å². The van der Waals surface area contributed by atoms with E-state index >= 15 is 0 Å². The number of nitrogens with zero attached hydrogens (tertiary/aromatic N) is 2. The van der Waals surface area contributed by atoms with E-state index in [4.69, 9.17) is 10.5 Å². The van der Waals surface area contributed by atoms with E-state index in [-0.39, 0.29) is 12.2 Å². The van der Waals surface area contributed by atoms with Gasteiger partial charge in [0.25, 0.3) is 5.56 Å². The molecule has 3 N–H and O–H groups in total. The van der Waals surface area contributed by atoms with Crippen molar-refractivity contribution in [2.45, 2.75) is 26.0 Å². The Morgan fingerprint density at radius 1 is 1.44 bits per heavy atom. The van der Waals surface area contributed by atoms with Crippen LogP contribution in [0.15, 0.2) is 29.1 Å².